The molecule has 0 aliphatic heterocycles. The van der Waals surface area contributed by atoms with E-state index in [1.54, 1.807) is 18.7 Å². The Labute approximate surface area is 123 Å². The molecule has 3 rings (SSSR count). The third-order valence-electron chi connectivity index (χ3n) is 3.15. The number of hydrogen-bond acceptors (Lipinski definition) is 4. The zero-order valence-corrected chi connectivity index (χ0v) is 11.9. The fraction of sp³-hybridized carbons (Fsp3) is 0.312. The van der Waals surface area contributed by atoms with E-state index in [-0.39, 0.29) is 0 Å². The van der Waals surface area contributed by atoms with Crippen molar-refractivity contribution in [1.82, 2.24) is 14.5 Å². The molecule has 1 aliphatic rings. The third-order valence-corrected chi connectivity index (χ3v) is 3.15. The predicted molar refractivity (Wildman–Crippen MR) is 79.6 cm³/mol. The molecule has 1 fully saturated rings. The Morgan fingerprint density at radius 1 is 1.48 bits per heavy atom. The highest BCUT2D eigenvalue weighted by molar-refractivity contribution is 5.98. The van der Waals surface area contributed by atoms with Gasteiger partial charge in [0.05, 0.1) is 18.6 Å². The molecule has 0 N–H and O–H groups in total. The van der Waals surface area contributed by atoms with Crippen LogP contribution in [0.15, 0.2) is 42.2 Å². The van der Waals surface area contributed by atoms with Crippen molar-refractivity contribution in [3.63, 3.8) is 0 Å². The van der Waals surface area contributed by atoms with E-state index in [4.69, 9.17) is 4.84 Å². The molecule has 5 nitrogen and oxygen atoms in total. The molecule has 0 radical (unpaired) electrons. The van der Waals surface area contributed by atoms with Gasteiger partial charge in [0.1, 0.15) is 12.8 Å². The molecule has 5 heteroatoms. The summed E-state index contributed by atoms with van der Waals surface area (Å²) in [5, 5.41) is 4.05. The van der Waals surface area contributed by atoms with Gasteiger partial charge >= 0.3 is 0 Å². The molecule has 0 amide bonds. The van der Waals surface area contributed by atoms with Gasteiger partial charge in [-0.15, -0.1) is 0 Å². The van der Waals surface area contributed by atoms with Crippen LogP contribution in [0.2, 0.25) is 0 Å². The van der Waals surface area contributed by atoms with E-state index in [1.165, 1.54) is 20.0 Å². The van der Waals surface area contributed by atoms with E-state index < -0.39 is 0 Å². The van der Waals surface area contributed by atoms with E-state index in [9.17, 15) is 0 Å². The number of rotatable bonds is 4. The van der Waals surface area contributed by atoms with E-state index in [0.29, 0.717) is 12.5 Å². The van der Waals surface area contributed by atoms with Gasteiger partial charge in [0.25, 0.3) is 0 Å². The van der Waals surface area contributed by atoms with Gasteiger partial charge in [-0.2, -0.15) is 0 Å². The van der Waals surface area contributed by atoms with Gasteiger partial charge in [0, 0.05) is 30.1 Å². The van der Waals surface area contributed by atoms with E-state index in [2.05, 4.69) is 27.0 Å². The molecule has 0 atom stereocenters. The molecular weight excluding hydrogens is 264 g/mol. The lowest BCUT2D eigenvalue weighted by Crippen LogP contribution is -2.12. The lowest BCUT2D eigenvalue weighted by molar-refractivity contribution is 0.212. The van der Waals surface area contributed by atoms with Crippen molar-refractivity contribution in [3.05, 3.63) is 48.3 Å². The summed E-state index contributed by atoms with van der Waals surface area (Å²) >= 11 is 0. The molecule has 0 bridgehead atoms. The minimum atomic E-state index is 0.563. The highest BCUT2D eigenvalue weighted by atomic mass is 16.6. The first kappa shape index (κ1) is 13.4. The summed E-state index contributed by atoms with van der Waals surface area (Å²) in [5.41, 5.74) is 2.46. The number of pyridine rings is 1. The monoisotopic (exact) mass is 280 g/mol. The Hall–Kier alpha value is -2.61. The summed E-state index contributed by atoms with van der Waals surface area (Å²) in [6, 6.07) is 3.89. The second-order valence-corrected chi connectivity index (χ2v) is 4.93. The topological polar surface area (TPSA) is 52.3 Å². The first-order valence-corrected chi connectivity index (χ1v) is 6.89. The number of aromatic nitrogens is 3. The summed E-state index contributed by atoms with van der Waals surface area (Å²) in [6.45, 7) is 0.563. The van der Waals surface area contributed by atoms with Crippen molar-refractivity contribution in [2.75, 3.05) is 7.11 Å². The van der Waals surface area contributed by atoms with Gasteiger partial charge in [-0.3, -0.25) is 4.98 Å². The van der Waals surface area contributed by atoms with Gasteiger partial charge in [0.15, 0.2) is 0 Å². The van der Waals surface area contributed by atoms with E-state index in [1.807, 2.05) is 22.9 Å². The maximum atomic E-state index is 4.91. The normalized spacial score (nSPS) is 14.4. The van der Waals surface area contributed by atoms with Crippen LogP contribution in [0.5, 0.6) is 0 Å². The van der Waals surface area contributed by atoms with Crippen molar-refractivity contribution < 1.29 is 4.84 Å². The second kappa shape index (κ2) is 6.23. The minimum absolute atomic E-state index is 0.563. The van der Waals surface area contributed by atoms with Crippen LogP contribution >= 0.6 is 0 Å². The van der Waals surface area contributed by atoms with E-state index >= 15 is 0 Å². The van der Waals surface area contributed by atoms with Crippen LogP contribution in [0.4, 0.5) is 0 Å². The second-order valence-electron chi connectivity index (χ2n) is 4.93. The fourth-order valence-corrected chi connectivity index (χ4v) is 1.87. The largest absolute Gasteiger partial charge is 0.399 e. The molecule has 21 heavy (non-hydrogen) atoms. The van der Waals surface area contributed by atoms with Crippen LogP contribution in [-0.4, -0.2) is 27.4 Å². The van der Waals surface area contributed by atoms with Crippen LogP contribution in [0.3, 0.4) is 0 Å². The third kappa shape index (κ3) is 3.69. The standard InChI is InChI=1S/C16H16N4O/c1-21-19-16(11-20-9-8-17-12-20)15-7-6-14(10-18-15)5-4-13-2-3-13/h6-10,12-13H,2-3,11H2,1H3. The predicted octanol–water partition coefficient (Wildman–Crippen LogP) is 2.09. The summed E-state index contributed by atoms with van der Waals surface area (Å²) in [6.07, 6.45) is 9.58. The summed E-state index contributed by atoms with van der Waals surface area (Å²) < 4.78 is 1.92. The molecule has 0 spiro atoms. The number of nitrogens with zero attached hydrogens (tertiary/aromatic N) is 4. The van der Waals surface area contributed by atoms with Gasteiger partial charge in [-0.1, -0.05) is 17.0 Å². The Kier molecular flexibility index (Phi) is 3.97. The lowest BCUT2D eigenvalue weighted by Gasteiger charge is -2.06. The highest BCUT2D eigenvalue weighted by Crippen LogP contribution is 2.27. The van der Waals surface area contributed by atoms with E-state index in [0.717, 1.165) is 17.0 Å². The zero-order valence-electron chi connectivity index (χ0n) is 11.9. The van der Waals surface area contributed by atoms with Gasteiger partial charge < -0.3 is 9.40 Å². The smallest absolute Gasteiger partial charge is 0.125 e. The van der Waals surface area contributed by atoms with Crippen molar-refractivity contribution in [2.24, 2.45) is 11.1 Å². The van der Waals surface area contributed by atoms with Crippen LogP contribution < -0.4 is 0 Å². The number of oxime groups is 1. The number of imidazole rings is 1. The van der Waals surface area contributed by atoms with Crippen molar-refractivity contribution in [2.45, 2.75) is 19.4 Å². The van der Waals surface area contributed by atoms with Gasteiger partial charge in [-0.05, 0) is 25.0 Å². The molecule has 0 saturated heterocycles. The van der Waals surface area contributed by atoms with Crippen molar-refractivity contribution in [1.29, 1.82) is 0 Å². The van der Waals surface area contributed by atoms with Gasteiger partial charge in [0.2, 0.25) is 0 Å². The SMILES string of the molecule is CON=C(Cn1ccnc1)c1ccc(C#CC2CC2)cn1. The zero-order chi connectivity index (χ0) is 14.5. The molecule has 2 aromatic heterocycles. The Morgan fingerprint density at radius 3 is 3.00 bits per heavy atom. The Bertz CT molecular complexity index is 673. The Morgan fingerprint density at radius 2 is 2.38 bits per heavy atom. The maximum absolute atomic E-state index is 4.91. The molecule has 1 aliphatic carbocycles. The molecule has 106 valence electrons. The Balaban J connectivity index is 1.76. The molecule has 2 heterocycles. The first-order chi connectivity index (χ1) is 10.3. The van der Waals surface area contributed by atoms with Crippen LogP contribution in [0.1, 0.15) is 24.1 Å². The van der Waals surface area contributed by atoms with Crippen LogP contribution in [-0.2, 0) is 11.4 Å². The quantitative estimate of drug-likeness (QED) is 0.489. The fourth-order valence-electron chi connectivity index (χ4n) is 1.87. The molecule has 1 saturated carbocycles. The van der Waals surface area contributed by atoms with Gasteiger partial charge in [-0.25, -0.2) is 4.98 Å². The molecule has 2 aromatic rings. The average Bonchev–Trinajstić information content (AvgIpc) is 3.21. The molecule has 0 unspecified atom stereocenters. The van der Waals surface area contributed by atoms with Crippen molar-refractivity contribution >= 4 is 5.71 Å². The minimum Gasteiger partial charge on any atom is -0.399 e. The summed E-state index contributed by atoms with van der Waals surface area (Å²) in [4.78, 5) is 13.4. The van der Waals surface area contributed by atoms with Crippen LogP contribution in [0.25, 0.3) is 0 Å². The van der Waals surface area contributed by atoms with Crippen molar-refractivity contribution in [3.8, 4) is 11.8 Å². The molecular formula is C16H16N4O. The summed E-state index contributed by atoms with van der Waals surface area (Å²) in [5.74, 6) is 6.97. The first-order valence-electron chi connectivity index (χ1n) is 6.89. The number of hydrogen-bond donors (Lipinski definition) is 0. The maximum Gasteiger partial charge on any atom is 0.125 e. The van der Waals surface area contributed by atoms with Crippen LogP contribution in [0, 0.1) is 17.8 Å². The average molecular weight is 280 g/mol. The lowest BCUT2D eigenvalue weighted by atomic mass is 10.2. The highest BCUT2D eigenvalue weighted by Gasteiger charge is 2.17. The summed E-state index contributed by atoms with van der Waals surface area (Å²) in [7, 11) is 1.53. The molecule has 0 aromatic carbocycles.